The number of hydrogen-bond donors (Lipinski definition) is 4. The Kier molecular flexibility index (Phi) is 7.21. The molecule has 1 unspecified atom stereocenters. The van der Waals surface area contributed by atoms with Crippen LogP contribution in [0, 0.1) is 5.82 Å². The van der Waals surface area contributed by atoms with Gasteiger partial charge in [-0.25, -0.2) is 14.2 Å². The Hall–Kier alpha value is -3.54. The van der Waals surface area contributed by atoms with Gasteiger partial charge in [0.15, 0.2) is 0 Å². The number of halogens is 5. The third kappa shape index (κ3) is 5.35. The first-order valence-electron chi connectivity index (χ1n) is 11.4. The van der Waals surface area contributed by atoms with Crippen molar-refractivity contribution in [1.29, 1.82) is 0 Å². The predicted octanol–water partition coefficient (Wildman–Crippen LogP) is 4.54. The number of hydrogen-bond acceptors (Lipinski definition) is 5. The number of fused-ring (bicyclic) bond motifs is 1. The highest BCUT2D eigenvalue weighted by molar-refractivity contribution is 6.13. The standard InChI is InChI=1S/C26H23ClF4N4O3/c1-24(2,35-27)17-11-20(14-5-7-18(28)8-6-14)33-21(12-17)25(38,26(29,30)31)13-32-23(37)16-4-3-15-10-22(36)34-19(15)9-16/h3-9,11-12,35,38H,10,13H2,1-2H3,(H,32,37)(H,34,36). The minimum absolute atomic E-state index is 0.00309. The van der Waals surface area contributed by atoms with Crippen molar-refractivity contribution in [2.75, 3.05) is 11.9 Å². The van der Waals surface area contributed by atoms with Gasteiger partial charge in [-0.05, 0) is 85.3 Å². The van der Waals surface area contributed by atoms with Crippen LogP contribution >= 0.6 is 11.8 Å². The van der Waals surface area contributed by atoms with Gasteiger partial charge in [0.1, 0.15) is 5.82 Å². The van der Waals surface area contributed by atoms with E-state index in [0.717, 1.165) is 18.2 Å². The van der Waals surface area contributed by atoms with E-state index in [2.05, 4.69) is 20.5 Å². The molecular weight excluding hydrogens is 528 g/mol. The fourth-order valence-electron chi connectivity index (χ4n) is 3.93. The van der Waals surface area contributed by atoms with Crippen LogP contribution in [-0.4, -0.2) is 34.6 Å². The van der Waals surface area contributed by atoms with E-state index in [9.17, 15) is 32.3 Å². The molecule has 38 heavy (non-hydrogen) atoms. The highest BCUT2D eigenvalue weighted by Gasteiger charge is 2.56. The first kappa shape index (κ1) is 27.5. The van der Waals surface area contributed by atoms with E-state index in [-0.39, 0.29) is 29.1 Å². The van der Waals surface area contributed by atoms with Crippen LogP contribution in [0.2, 0.25) is 0 Å². The number of aromatic nitrogens is 1. The van der Waals surface area contributed by atoms with Crippen LogP contribution in [0.1, 0.15) is 41.0 Å². The van der Waals surface area contributed by atoms with Gasteiger partial charge in [0.25, 0.3) is 5.91 Å². The van der Waals surface area contributed by atoms with Gasteiger partial charge in [0, 0.05) is 16.8 Å². The molecule has 2 heterocycles. The van der Waals surface area contributed by atoms with E-state index in [4.69, 9.17) is 11.8 Å². The second kappa shape index (κ2) is 9.97. The molecule has 1 aliphatic rings. The number of aliphatic hydroxyl groups is 1. The predicted molar refractivity (Wildman–Crippen MR) is 133 cm³/mol. The molecule has 4 N–H and O–H groups in total. The monoisotopic (exact) mass is 550 g/mol. The fourth-order valence-corrected chi connectivity index (χ4v) is 4.04. The maximum Gasteiger partial charge on any atom is 0.424 e. The molecule has 0 aliphatic carbocycles. The molecular formula is C26H23ClF4N4O3. The second-order valence-electron chi connectivity index (χ2n) is 9.49. The second-order valence-corrected chi connectivity index (χ2v) is 9.68. The van der Waals surface area contributed by atoms with E-state index >= 15 is 0 Å². The third-order valence-electron chi connectivity index (χ3n) is 6.32. The number of amides is 2. The topological polar surface area (TPSA) is 103 Å². The third-order valence-corrected chi connectivity index (χ3v) is 6.79. The molecule has 12 heteroatoms. The number of nitrogens with one attached hydrogen (secondary N) is 3. The molecule has 0 fully saturated rings. The van der Waals surface area contributed by atoms with Crippen LogP contribution in [0.5, 0.6) is 0 Å². The van der Waals surface area contributed by atoms with E-state index in [1.807, 2.05) is 0 Å². The van der Waals surface area contributed by atoms with Crippen LogP contribution in [0.4, 0.5) is 23.2 Å². The molecule has 2 amide bonds. The van der Waals surface area contributed by atoms with Crippen molar-refractivity contribution in [3.05, 3.63) is 82.8 Å². The van der Waals surface area contributed by atoms with Crippen molar-refractivity contribution in [3.8, 4) is 11.3 Å². The van der Waals surface area contributed by atoms with Crippen molar-refractivity contribution < 1.29 is 32.3 Å². The SMILES string of the molecule is CC(C)(NCl)c1cc(-c2ccc(F)cc2)nc(C(O)(CNC(=O)c2ccc3c(c2)NC(=O)C3)C(F)(F)F)c1. The first-order valence-corrected chi connectivity index (χ1v) is 11.8. The van der Waals surface area contributed by atoms with Gasteiger partial charge in [0.2, 0.25) is 11.5 Å². The summed E-state index contributed by atoms with van der Waals surface area (Å²) in [7, 11) is 0. The van der Waals surface area contributed by atoms with Crippen molar-refractivity contribution in [2.24, 2.45) is 0 Å². The molecule has 7 nitrogen and oxygen atoms in total. The quantitative estimate of drug-likeness (QED) is 0.255. The van der Waals surface area contributed by atoms with Gasteiger partial charge >= 0.3 is 6.18 Å². The lowest BCUT2D eigenvalue weighted by Gasteiger charge is -2.32. The number of anilines is 1. The molecule has 0 spiro atoms. The summed E-state index contributed by atoms with van der Waals surface area (Å²) in [6.45, 7) is 1.95. The minimum Gasteiger partial charge on any atom is -0.374 e. The molecule has 0 bridgehead atoms. The fraction of sp³-hybridized carbons (Fsp3) is 0.269. The largest absolute Gasteiger partial charge is 0.424 e. The highest BCUT2D eigenvalue weighted by Crippen LogP contribution is 2.40. The Morgan fingerprint density at radius 2 is 1.79 bits per heavy atom. The zero-order valence-electron chi connectivity index (χ0n) is 20.2. The maximum absolute atomic E-state index is 14.4. The summed E-state index contributed by atoms with van der Waals surface area (Å²) in [5, 5.41) is 15.7. The number of alkyl halides is 3. The Labute approximate surface area is 220 Å². The van der Waals surface area contributed by atoms with Gasteiger partial charge < -0.3 is 15.7 Å². The van der Waals surface area contributed by atoms with Gasteiger partial charge in [-0.1, -0.05) is 6.07 Å². The van der Waals surface area contributed by atoms with Gasteiger partial charge in [-0.3, -0.25) is 9.59 Å². The number of carbonyl (C=O) groups is 2. The summed E-state index contributed by atoms with van der Waals surface area (Å²) in [6.07, 6.45) is -5.12. The Morgan fingerprint density at radius 1 is 1.11 bits per heavy atom. The molecule has 0 saturated heterocycles. The summed E-state index contributed by atoms with van der Waals surface area (Å²) in [5.41, 5.74) is -3.82. The average Bonchev–Trinajstić information content (AvgIpc) is 3.25. The number of benzene rings is 2. The summed E-state index contributed by atoms with van der Waals surface area (Å²) in [5.74, 6) is -1.70. The molecule has 1 aromatic heterocycles. The molecule has 0 saturated carbocycles. The van der Waals surface area contributed by atoms with Crippen molar-refractivity contribution in [1.82, 2.24) is 15.1 Å². The number of nitrogens with zero attached hydrogens (tertiary/aromatic N) is 1. The van der Waals surface area contributed by atoms with Crippen molar-refractivity contribution in [3.63, 3.8) is 0 Å². The van der Waals surface area contributed by atoms with Gasteiger partial charge in [-0.2, -0.15) is 13.2 Å². The average molecular weight is 551 g/mol. The van der Waals surface area contributed by atoms with Gasteiger partial charge in [0.05, 0.1) is 29.9 Å². The molecule has 3 aromatic rings. The number of rotatable bonds is 7. The Balaban J connectivity index is 1.72. The lowest BCUT2D eigenvalue weighted by Crippen LogP contribution is -2.51. The smallest absolute Gasteiger partial charge is 0.374 e. The Bertz CT molecular complexity index is 1400. The number of pyridine rings is 1. The summed E-state index contributed by atoms with van der Waals surface area (Å²) in [6, 6.07) is 11.7. The van der Waals surface area contributed by atoms with Crippen LogP contribution in [0.25, 0.3) is 11.3 Å². The van der Waals surface area contributed by atoms with Crippen LogP contribution in [0.3, 0.4) is 0 Å². The lowest BCUT2D eigenvalue weighted by molar-refractivity contribution is -0.265. The zero-order valence-corrected chi connectivity index (χ0v) is 21.0. The van der Waals surface area contributed by atoms with Crippen LogP contribution in [-0.2, 0) is 22.4 Å². The molecule has 1 aliphatic heterocycles. The van der Waals surface area contributed by atoms with Crippen molar-refractivity contribution in [2.45, 2.75) is 37.6 Å². The van der Waals surface area contributed by atoms with E-state index in [0.29, 0.717) is 16.8 Å². The van der Waals surface area contributed by atoms with E-state index in [1.54, 1.807) is 13.8 Å². The van der Waals surface area contributed by atoms with Crippen LogP contribution in [0.15, 0.2) is 54.6 Å². The highest BCUT2D eigenvalue weighted by atomic mass is 35.5. The van der Waals surface area contributed by atoms with E-state index < -0.39 is 41.3 Å². The number of carbonyl (C=O) groups excluding carboxylic acids is 2. The van der Waals surface area contributed by atoms with Crippen LogP contribution < -0.4 is 15.5 Å². The van der Waals surface area contributed by atoms with Crippen molar-refractivity contribution >= 4 is 29.3 Å². The molecule has 0 radical (unpaired) electrons. The minimum atomic E-state index is -5.25. The van der Waals surface area contributed by atoms with E-state index in [1.165, 1.54) is 36.4 Å². The first-order chi connectivity index (χ1) is 17.7. The molecule has 2 aromatic carbocycles. The van der Waals surface area contributed by atoms with Gasteiger partial charge in [-0.15, -0.1) is 0 Å². The molecule has 1 atom stereocenters. The Morgan fingerprint density at radius 3 is 2.42 bits per heavy atom. The lowest BCUT2D eigenvalue weighted by atomic mass is 9.89. The molecule has 4 rings (SSSR count). The molecule has 200 valence electrons. The maximum atomic E-state index is 14.4. The zero-order chi connectivity index (χ0) is 27.9. The normalized spacial score (nSPS) is 15.0. The summed E-state index contributed by atoms with van der Waals surface area (Å²) in [4.78, 5) is 30.8. The summed E-state index contributed by atoms with van der Waals surface area (Å²) >= 11 is 5.84. The summed E-state index contributed by atoms with van der Waals surface area (Å²) < 4.78 is 56.6.